The maximum absolute atomic E-state index is 10.8. The van der Waals surface area contributed by atoms with Gasteiger partial charge in [-0.1, -0.05) is 12.1 Å². The fourth-order valence-electron chi connectivity index (χ4n) is 1.09. The monoisotopic (exact) mass is 194 g/mol. The van der Waals surface area contributed by atoms with Gasteiger partial charge in [-0.2, -0.15) is 0 Å². The Kier molecular flexibility index (Phi) is 3.94. The van der Waals surface area contributed by atoms with Gasteiger partial charge in [-0.3, -0.25) is 5.32 Å². The molecule has 3 N–H and O–H groups in total. The van der Waals surface area contributed by atoms with Gasteiger partial charge in [-0.25, -0.2) is 4.79 Å². The van der Waals surface area contributed by atoms with Gasteiger partial charge in [0.25, 0.3) is 0 Å². The number of benzene rings is 1. The zero-order valence-corrected chi connectivity index (χ0v) is 8.12. The molecule has 76 valence electrons. The molecule has 0 saturated heterocycles. The summed E-state index contributed by atoms with van der Waals surface area (Å²) in [5.74, 6) is 0. The average molecular weight is 194 g/mol. The molecule has 0 bridgehead atoms. The first-order valence-electron chi connectivity index (χ1n) is 4.40. The van der Waals surface area contributed by atoms with E-state index in [0.29, 0.717) is 6.54 Å². The molecule has 1 aromatic rings. The molecule has 4 nitrogen and oxygen atoms in total. The fraction of sp³-hybridized carbons (Fsp3) is 0.300. The molecule has 14 heavy (non-hydrogen) atoms. The topological polar surface area (TPSA) is 64.3 Å². The lowest BCUT2D eigenvalue weighted by Crippen LogP contribution is -2.10. The second kappa shape index (κ2) is 5.24. The van der Waals surface area contributed by atoms with E-state index in [-0.39, 0.29) is 0 Å². The molecular formula is C10H14N2O2. The van der Waals surface area contributed by atoms with Crippen LogP contribution < -0.4 is 11.1 Å². The Morgan fingerprint density at radius 2 is 2.07 bits per heavy atom. The fourth-order valence-corrected chi connectivity index (χ4v) is 1.09. The largest absolute Gasteiger partial charge is 0.453 e. The summed E-state index contributed by atoms with van der Waals surface area (Å²) in [5, 5.41) is 2.57. The smallest absolute Gasteiger partial charge is 0.411 e. The van der Waals surface area contributed by atoms with Crippen LogP contribution in [0.1, 0.15) is 5.56 Å². The number of rotatable bonds is 3. The lowest BCUT2D eigenvalue weighted by molar-refractivity contribution is 0.187. The molecule has 0 fully saturated rings. The van der Waals surface area contributed by atoms with E-state index in [0.717, 1.165) is 17.7 Å². The molecule has 1 rings (SSSR count). The van der Waals surface area contributed by atoms with Crippen LogP contribution in [0.4, 0.5) is 10.5 Å². The van der Waals surface area contributed by atoms with Crippen molar-refractivity contribution in [3.63, 3.8) is 0 Å². The minimum Gasteiger partial charge on any atom is -0.453 e. The predicted octanol–water partition coefficient (Wildman–Crippen LogP) is 1.37. The molecule has 0 saturated carbocycles. The third-order valence-electron chi connectivity index (χ3n) is 1.82. The van der Waals surface area contributed by atoms with E-state index in [1.54, 1.807) is 0 Å². The lowest BCUT2D eigenvalue weighted by Gasteiger charge is -2.04. The van der Waals surface area contributed by atoms with Gasteiger partial charge in [0.2, 0.25) is 0 Å². The van der Waals surface area contributed by atoms with E-state index in [1.807, 2.05) is 24.3 Å². The summed E-state index contributed by atoms with van der Waals surface area (Å²) >= 11 is 0. The minimum absolute atomic E-state index is 0.462. The van der Waals surface area contributed by atoms with Crippen molar-refractivity contribution in [2.75, 3.05) is 19.0 Å². The Labute approximate surface area is 83.1 Å². The van der Waals surface area contributed by atoms with Gasteiger partial charge >= 0.3 is 6.09 Å². The predicted molar refractivity (Wildman–Crippen MR) is 55.2 cm³/mol. The summed E-state index contributed by atoms with van der Waals surface area (Å²) < 4.78 is 4.46. The van der Waals surface area contributed by atoms with Crippen molar-refractivity contribution in [2.45, 2.75) is 6.42 Å². The molecule has 0 unspecified atom stereocenters. The van der Waals surface area contributed by atoms with E-state index in [2.05, 4.69) is 10.1 Å². The highest BCUT2D eigenvalue weighted by atomic mass is 16.5. The van der Waals surface area contributed by atoms with Crippen LogP contribution in [0.3, 0.4) is 0 Å². The molecule has 0 aliphatic rings. The Morgan fingerprint density at radius 1 is 1.43 bits per heavy atom. The molecule has 0 radical (unpaired) electrons. The summed E-state index contributed by atoms with van der Waals surface area (Å²) in [7, 11) is 1.33. The van der Waals surface area contributed by atoms with Gasteiger partial charge < -0.3 is 10.5 Å². The van der Waals surface area contributed by atoms with Gasteiger partial charge in [0.15, 0.2) is 0 Å². The number of hydrogen-bond acceptors (Lipinski definition) is 3. The van der Waals surface area contributed by atoms with Gasteiger partial charge in [0.05, 0.1) is 7.11 Å². The second-order valence-electron chi connectivity index (χ2n) is 2.85. The second-order valence-corrected chi connectivity index (χ2v) is 2.85. The highest BCUT2D eigenvalue weighted by Crippen LogP contribution is 2.09. The van der Waals surface area contributed by atoms with Crippen LogP contribution in [0.25, 0.3) is 0 Å². The maximum atomic E-state index is 10.8. The van der Waals surface area contributed by atoms with Gasteiger partial charge in [-0.15, -0.1) is 0 Å². The zero-order chi connectivity index (χ0) is 10.4. The van der Waals surface area contributed by atoms with Crippen LogP contribution in [0.5, 0.6) is 0 Å². The van der Waals surface area contributed by atoms with Gasteiger partial charge in [0, 0.05) is 5.69 Å². The molecule has 0 aliphatic carbocycles. The van der Waals surface area contributed by atoms with Crippen LogP contribution >= 0.6 is 0 Å². The number of ether oxygens (including phenoxy) is 1. The highest BCUT2D eigenvalue weighted by Gasteiger charge is 1.99. The highest BCUT2D eigenvalue weighted by molar-refractivity contribution is 5.84. The number of anilines is 1. The number of methoxy groups -OCH3 is 1. The number of carbonyl (C=O) groups excluding carboxylic acids is 1. The van der Waals surface area contributed by atoms with Crippen molar-refractivity contribution in [1.29, 1.82) is 0 Å². The van der Waals surface area contributed by atoms with Crippen LogP contribution in [0, 0.1) is 0 Å². The van der Waals surface area contributed by atoms with Crippen molar-refractivity contribution < 1.29 is 9.53 Å². The first kappa shape index (κ1) is 10.5. The van der Waals surface area contributed by atoms with Crippen molar-refractivity contribution in [3.05, 3.63) is 29.8 Å². The van der Waals surface area contributed by atoms with E-state index < -0.39 is 6.09 Å². The molecule has 1 amide bonds. The van der Waals surface area contributed by atoms with E-state index in [4.69, 9.17) is 5.73 Å². The van der Waals surface area contributed by atoms with E-state index in [1.165, 1.54) is 7.11 Å². The van der Waals surface area contributed by atoms with Crippen molar-refractivity contribution in [1.82, 2.24) is 0 Å². The minimum atomic E-state index is -0.462. The molecule has 0 spiro atoms. The number of hydrogen-bond donors (Lipinski definition) is 2. The summed E-state index contributed by atoms with van der Waals surface area (Å²) in [6.45, 7) is 0.629. The number of carbonyl (C=O) groups is 1. The molecule has 0 aromatic heterocycles. The third kappa shape index (κ3) is 3.06. The van der Waals surface area contributed by atoms with Crippen LogP contribution in [-0.2, 0) is 11.2 Å². The first-order chi connectivity index (χ1) is 6.76. The number of nitrogens with two attached hydrogens (primary N) is 1. The number of amides is 1. The lowest BCUT2D eigenvalue weighted by atomic mass is 10.1. The van der Waals surface area contributed by atoms with Gasteiger partial charge in [-0.05, 0) is 30.7 Å². The Bertz CT molecular complexity index is 295. The van der Waals surface area contributed by atoms with E-state index in [9.17, 15) is 4.79 Å². The van der Waals surface area contributed by atoms with Crippen LogP contribution in [-0.4, -0.2) is 19.7 Å². The standard InChI is InChI=1S/C10H14N2O2/c1-14-10(13)12-9-4-2-8(3-5-9)6-7-11/h2-5H,6-7,11H2,1H3,(H,12,13). The molecular weight excluding hydrogens is 180 g/mol. The first-order valence-corrected chi connectivity index (χ1v) is 4.40. The third-order valence-corrected chi connectivity index (χ3v) is 1.82. The Morgan fingerprint density at radius 3 is 2.57 bits per heavy atom. The molecule has 0 aliphatic heterocycles. The summed E-state index contributed by atoms with van der Waals surface area (Å²) in [6.07, 6.45) is 0.384. The van der Waals surface area contributed by atoms with Crippen molar-refractivity contribution in [2.24, 2.45) is 5.73 Å². The summed E-state index contributed by atoms with van der Waals surface area (Å²) in [5.41, 5.74) is 7.29. The SMILES string of the molecule is COC(=O)Nc1ccc(CCN)cc1. The van der Waals surface area contributed by atoms with Crippen molar-refractivity contribution in [3.8, 4) is 0 Å². The summed E-state index contributed by atoms with van der Waals surface area (Å²) in [4.78, 5) is 10.8. The molecule has 4 heteroatoms. The number of nitrogens with one attached hydrogen (secondary N) is 1. The average Bonchev–Trinajstić information content (AvgIpc) is 2.21. The zero-order valence-electron chi connectivity index (χ0n) is 8.12. The molecule has 1 aromatic carbocycles. The van der Waals surface area contributed by atoms with Crippen LogP contribution in [0.15, 0.2) is 24.3 Å². The molecule has 0 atom stereocenters. The van der Waals surface area contributed by atoms with E-state index >= 15 is 0 Å². The quantitative estimate of drug-likeness (QED) is 0.763. The van der Waals surface area contributed by atoms with Crippen LogP contribution in [0.2, 0.25) is 0 Å². The normalized spacial score (nSPS) is 9.57. The maximum Gasteiger partial charge on any atom is 0.411 e. The Hall–Kier alpha value is -1.55. The molecule has 0 heterocycles. The van der Waals surface area contributed by atoms with Gasteiger partial charge in [0.1, 0.15) is 0 Å². The summed E-state index contributed by atoms with van der Waals surface area (Å²) in [6, 6.07) is 7.50. The van der Waals surface area contributed by atoms with Crippen molar-refractivity contribution >= 4 is 11.8 Å². The Balaban J connectivity index is 2.59.